The van der Waals surface area contributed by atoms with Crippen molar-refractivity contribution in [2.75, 3.05) is 11.9 Å². The van der Waals surface area contributed by atoms with Gasteiger partial charge in [-0.2, -0.15) is 5.26 Å². The number of likely N-dealkylation sites (N-methyl/N-ethyl adjacent to an activating group) is 1. The van der Waals surface area contributed by atoms with Crippen molar-refractivity contribution in [2.24, 2.45) is 0 Å². The Morgan fingerprint density at radius 2 is 2.32 bits per heavy atom. The number of rotatable bonds is 5. The molecule has 1 aromatic rings. The van der Waals surface area contributed by atoms with Gasteiger partial charge in [0.25, 0.3) is 0 Å². The molecule has 4 heteroatoms. The van der Waals surface area contributed by atoms with Crippen LogP contribution in [0.1, 0.15) is 32.3 Å². The van der Waals surface area contributed by atoms with Crippen molar-refractivity contribution in [1.82, 2.24) is 4.90 Å². The Morgan fingerprint density at radius 1 is 1.58 bits per heavy atom. The van der Waals surface area contributed by atoms with E-state index in [-0.39, 0.29) is 11.9 Å². The van der Waals surface area contributed by atoms with Gasteiger partial charge in [-0.05, 0) is 44.5 Å². The van der Waals surface area contributed by atoms with Crippen molar-refractivity contribution in [3.05, 3.63) is 29.8 Å². The number of anilines is 1. The lowest BCUT2D eigenvalue weighted by molar-refractivity contribution is -0.120. The van der Waals surface area contributed by atoms with Crippen molar-refractivity contribution < 1.29 is 4.79 Å². The van der Waals surface area contributed by atoms with Gasteiger partial charge in [-0.3, -0.25) is 9.69 Å². The van der Waals surface area contributed by atoms with Crippen LogP contribution in [-0.2, 0) is 4.79 Å². The lowest BCUT2D eigenvalue weighted by atomic mass is 10.2. The van der Waals surface area contributed by atoms with Crippen molar-refractivity contribution >= 4 is 11.6 Å². The van der Waals surface area contributed by atoms with Gasteiger partial charge >= 0.3 is 0 Å². The molecule has 0 aliphatic heterocycles. The van der Waals surface area contributed by atoms with Crippen LogP contribution in [0.3, 0.4) is 0 Å². The third-order valence-corrected chi connectivity index (χ3v) is 3.52. The molecule has 1 N–H and O–H groups in total. The van der Waals surface area contributed by atoms with Crippen LogP contribution < -0.4 is 5.32 Å². The number of nitriles is 1. The lowest BCUT2D eigenvalue weighted by Gasteiger charge is -2.26. The molecule has 0 saturated heterocycles. The first kappa shape index (κ1) is 13.6. The maximum Gasteiger partial charge on any atom is 0.241 e. The van der Waals surface area contributed by atoms with Gasteiger partial charge in [0.15, 0.2) is 0 Å². The molecule has 1 aromatic carbocycles. The molecule has 100 valence electrons. The fourth-order valence-corrected chi connectivity index (χ4v) is 2.32. The summed E-state index contributed by atoms with van der Waals surface area (Å²) in [5, 5.41) is 11.7. The third kappa shape index (κ3) is 3.33. The van der Waals surface area contributed by atoms with E-state index < -0.39 is 0 Å². The maximum absolute atomic E-state index is 12.2. The van der Waals surface area contributed by atoms with Crippen molar-refractivity contribution in [3.8, 4) is 6.07 Å². The van der Waals surface area contributed by atoms with E-state index in [0.29, 0.717) is 17.3 Å². The highest BCUT2D eigenvalue weighted by Gasteiger charge is 2.33. The minimum atomic E-state index is -0.136. The normalized spacial score (nSPS) is 15.9. The van der Waals surface area contributed by atoms with Crippen LogP contribution in [0.15, 0.2) is 24.3 Å². The highest BCUT2D eigenvalue weighted by Crippen LogP contribution is 2.28. The van der Waals surface area contributed by atoms with E-state index in [9.17, 15) is 4.79 Å². The van der Waals surface area contributed by atoms with E-state index in [4.69, 9.17) is 5.26 Å². The van der Waals surface area contributed by atoms with Crippen LogP contribution in [0.25, 0.3) is 0 Å². The second kappa shape index (κ2) is 5.85. The molecule has 1 atom stereocenters. The topological polar surface area (TPSA) is 56.1 Å². The van der Waals surface area contributed by atoms with Crippen LogP contribution in [0.4, 0.5) is 5.69 Å². The zero-order valence-electron chi connectivity index (χ0n) is 11.4. The summed E-state index contributed by atoms with van der Waals surface area (Å²) >= 11 is 0. The molecule has 1 aliphatic carbocycles. The monoisotopic (exact) mass is 257 g/mol. The predicted molar refractivity (Wildman–Crippen MR) is 74.7 cm³/mol. The van der Waals surface area contributed by atoms with Crippen LogP contribution in [0.5, 0.6) is 0 Å². The lowest BCUT2D eigenvalue weighted by Crippen LogP contribution is -2.43. The zero-order valence-corrected chi connectivity index (χ0v) is 11.4. The molecule has 0 spiro atoms. The summed E-state index contributed by atoms with van der Waals surface area (Å²) < 4.78 is 0. The van der Waals surface area contributed by atoms with Crippen LogP contribution >= 0.6 is 0 Å². The van der Waals surface area contributed by atoms with Gasteiger partial charge in [-0.1, -0.05) is 13.0 Å². The Bertz CT molecular complexity index is 502. The van der Waals surface area contributed by atoms with Gasteiger partial charge in [-0.25, -0.2) is 0 Å². The number of carbonyl (C=O) groups is 1. The summed E-state index contributed by atoms with van der Waals surface area (Å²) in [6, 6.07) is 9.50. The summed E-state index contributed by atoms with van der Waals surface area (Å²) in [6.45, 7) is 4.90. The fraction of sp³-hybridized carbons (Fsp3) is 0.467. The molecule has 19 heavy (non-hydrogen) atoms. The fourth-order valence-electron chi connectivity index (χ4n) is 2.32. The number of carbonyl (C=O) groups excluding carboxylic acids is 1. The summed E-state index contributed by atoms with van der Waals surface area (Å²) in [5.41, 5.74) is 1.24. The number of hydrogen-bond donors (Lipinski definition) is 1. The molecule has 0 bridgehead atoms. The van der Waals surface area contributed by atoms with E-state index in [0.717, 1.165) is 6.54 Å². The molecule has 0 radical (unpaired) electrons. The van der Waals surface area contributed by atoms with Crippen molar-refractivity contribution in [2.45, 2.75) is 38.8 Å². The second-order valence-corrected chi connectivity index (χ2v) is 4.92. The maximum atomic E-state index is 12.2. The molecule has 1 amide bonds. The molecule has 1 unspecified atom stereocenters. The summed E-state index contributed by atoms with van der Waals surface area (Å²) in [4.78, 5) is 14.4. The minimum absolute atomic E-state index is 0.0103. The minimum Gasteiger partial charge on any atom is -0.325 e. The Labute approximate surface area is 114 Å². The zero-order chi connectivity index (χ0) is 13.8. The average Bonchev–Trinajstić information content (AvgIpc) is 3.24. The third-order valence-electron chi connectivity index (χ3n) is 3.52. The van der Waals surface area contributed by atoms with E-state index in [2.05, 4.69) is 23.2 Å². The molecule has 0 heterocycles. The van der Waals surface area contributed by atoms with Gasteiger partial charge < -0.3 is 5.32 Å². The molecular formula is C15H19N3O. The van der Waals surface area contributed by atoms with Gasteiger partial charge in [0.2, 0.25) is 5.91 Å². The first-order valence-electron chi connectivity index (χ1n) is 6.72. The number of hydrogen-bond acceptors (Lipinski definition) is 3. The average molecular weight is 257 g/mol. The summed E-state index contributed by atoms with van der Waals surface area (Å²) in [5.74, 6) is -0.0103. The van der Waals surface area contributed by atoms with Gasteiger partial charge in [0, 0.05) is 11.7 Å². The van der Waals surface area contributed by atoms with Crippen LogP contribution in [-0.4, -0.2) is 29.4 Å². The summed E-state index contributed by atoms with van der Waals surface area (Å²) in [7, 11) is 0. The van der Waals surface area contributed by atoms with E-state index in [1.54, 1.807) is 24.3 Å². The Morgan fingerprint density at radius 3 is 2.89 bits per heavy atom. The molecular weight excluding hydrogens is 238 g/mol. The Kier molecular flexibility index (Phi) is 4.18. The number of benzene rings is 1. The molecule has 1 aliphatic rings. The Hall–Kier alpha value is -1.86. The molecule has 1 saturated carbocycles. The van der Waals surface area contributed by atoms with E-state index in [1.165, 1.54) is 12.8 Å². The van der Waals surface area contributed by atoms with E-state index in [1.807, 2.05) is 6.92 Å². The van der Waals surface area contributed by atoms with E-state index >= 15 is 0 Å². The largest absolute Gasteiger partial charge is 0.325 e. The van der Waals surface area contributed by atoms with Gasteiger partial charge in [0.1, 0.15) is 0 Å². The van der Waals surface area contributed by atoms with Gasteiger partial charge in [0.05, 0.1) is 17.7 Å². The number of nitrogens with zero attached hydrogens (tertiary/aromatic N) is 2. The number of amides is 1. The Balaban J connectivity index is 2.01. The van der Waals surface area contributed by atoms with Gasteiger partial charge in [-0.15, -0.1) is 0 Å². The molecule has 0 aromatic heterocycles. The standard InChI is InChI=1S/C15H19N3O/c1-3-18(14-7-8-14)11(2)15(19)17-13-6-4-5-12(9-13)10-16/h4-6,9,11,14H,3,7-8H2,1-2H3,(H,17,19). The van der Waals surface area contributed by atoms with Crippen LogP contribution in [0, 0.1) is 11.3 Å². The second-order valence-electron chi connectivity index (χ2n) is 4.92. The molecule has 2 rings (SSSR count). The quantitative estimate of drug-likeness (QED) is 0.881. The SMILES string of the molecule is CCN(C1CC1)C(C)C(=O)Nc1cccc(C#N)c1. The first-order valence-corrected chi connectivity index (χ1v) is 6.72. The summed E-state index contributed by atoms with van der Waals surface area (Å²) in [6.07, 6.45) is 2.38. The smallest absolute Gasteiger partial charge is 0.241 e. The van der Waals surface area contributed by atoms with Crippen molar-refractivity contribution in [1.29, 1.82) is 5.26 Å². The highest BCUT2D eigenvalue weighted by atomic mass is 16.2. The van der Waals surface area contributed by atoms with Crippen molar-refractivity contribution in [3.63, 3.8) is 0 Å². The molecule has 4 nitrogen and oxygen atoms in total. The molecule has 1 fully saturated rings. The predicted octanol–water partition coefficient (Wildman–Crippen LogP) is 2.37. The van der Waals surface area contributed by atoms with Crippen LogP contribution in [0.2, 0.25) is 0 Å². The highest BCUT2D eigenvalue weighted by molar-refractivity contribution is 5.94. The number of nitrogens with one attached hydrogen (secondary N) is 1. The first-order chi connectivity index (χ1) is 9.15.